The molecule has 2 amide bonds. The molecular weight excluding hydrogens is 482 g/mol. The Labute approximate surface area is 217 Å². The van der Waals surface area contributed by atoms with E-state index in [2.05, 4.69) is 6.92 Å². The number of hydrogen-bond donors (Lipinski definition) is 1. The standard InChI is InChI=1S/C28H38F2N2O5/c1-6-8-9-10-11-15-32(27(31)34)18-21-20(25-22(30)16-19(29)17-24(25)35-5)13-12-14-23(21)37-28(3,4)26(33)36-7-2/h12-14,16-17H,6-11,15,18H2,1-5H3,(H2,31,34). The number of amides is 2. The molecule has 0 aliphatic carbocycles. The average Bonchev–Trinajstić information content (AvgIpc) is 2.83. The van der Waals surface area contributed by atoms with Gasteiger partial charge < -0.3 is 24.8 Å². The first-order chi connectivity index (χ1) is 17.5. The lowest BCUT2D eigenvalue weighted by molar-refractivity contribution is -0.158. The number of nitrogens with zero attached hydrogens (tertiary/aromatic N) is 1. The van der Waals surface area contributed by atoms with E-state index in [1.54, 1.807) is 39.0 Å². The number of nitrogens with two attached hydrogens (primary N) is 1. The van der Waals surface area contributed by atoms with Gasteiger partial charge in [0.15, 0.2) is 5.60 Å². The van der Waals surface area contributed by atoms with Crippen LogP contribution in [0.2, 0.25) is 0 Å². The molecule has 0 fully saturated rings. The van der Waals surface area contributed by atoms with Crippen molar-refractivity contribution in [2.75, 3.05) is 20.3 Å². The third kappa shape index (κ3) is 8.06. The van der Waals surface area contributed by atoms with Gasteiger partial charge in [0.05, 0.1) is 25.8 Å². The number of carbonyl (C=O) groups excluding carboxylic acids is 2. The number of ether oxygens (including phenoxy) is 3. The lowest BCUT2D eigenvalue weighted by Crippen LogP contribution is -2.40. The molecule has 2 aromatic rings. The molecule has 2 N–H and O–H groups in total. The third-order valence-corrected chi connectivity index (χ3v) is 5.97. The van der Waals surface area contributed by atoms with Crippen LogP contribution in [0.3, 0.4) is 0 Å². The van der Waals surface area contributed by atoms with E-state index in [1.807, 2.05) is 0 Å². The van der Waals surface area contributed by atoms with Crippen LogP contribution >= 0.6 is 0 Å². The highest BCUT2D eigenvalue weighted by atomic mass is 19.1. The summed E-state index contributed by atoms with van der Waals surface area (Å²) in [4.78, 5) is 26.4. The second kappa shape index (κ2) is 13.8. The van der Waals surface area contributed by atoms with E-state index in [-0.39, 0.29) is 30.2 Å². The maximum Gasteiger partial charge on any atom is 0.349 e. The second-order valence-corrected chi connectivity index (χ2v) is 9.25. The van der Waals surface area contributed by atoms with E-state index < -0.39 is 29.2 Å². The number of hydrogen-bond acceptors (Lipinski definition) is 5. The summed E-state index contributed by atoms with van der Waals surface area (Å²) in [7, 11) is 1.31. The summed E-state index contributed by atoms with van der Waals surface area (Å²) in [5.41, 5.74) is 5.05. The van der Waals surface area contributed by atoms with Crippen molar-refractivity contribution >= 4 is 12.0 Å². The molecule has 2 aromatic carbocycles. The summed E-state index contributed by atoms with van der Waals surface area (Å²) in [6.07, 6.45) is 4.90. The van der Waals surface area contributed by atoms with Crippen molar-refractivity contribution in [2.45, 2.75) is 71.9 Å². The third-order valence-electron chi connectivity index (χ3n) is 5.97. The van der Waals surface area contributed by atoms with Crippen LogP contribution in [0.15, 0.2) is 30.3 Å². The molecule has 9 heteroatoms. The molecule has 0 unspecified atom stereocenters. The minimum absolute atomic E-state index is 0.00524. The lowest BCUT2D eigenvalue weighted by atomic mass is 9.96. The monoisotopic (exact) mass is 520 g/mol. The Morgan fingerprint density at radius 3 is 2.35 bits per heavy atom. The number of unbranched alkanes of at least 4 members (excludes halogenated alkanes) is 4. The molecule has 0 spiro atoms. The van der Waals surface area contributed by atoms with Crippen molar-refractivity contribution in [3.63, 3.8) is 0 Å². The van der Waals surface area contributed by atoms with Gasteiger partial charge in [0.1, 0.15) is 23.1 Å². The summed E-state index contributed by atoms with van der Waals surface area (Å²) >= 11 is 0. The molecule has 0 bridgehead atoms. The van der Waals surface area contributed by atoms with Crippen LogP contribution in [0.25, 0.3) is 11.1 Å². The Morgan fingerprint density at radius 1 is 1.03 bits per heavy atom. The molecule has 0 heterocycles. The van der Waals surface area contributed by atoms with E-state index in [1.165, 1.54) is 12.0 Å². The highest BCUT2D eigenvalue weighted by molar-refractivity contribution is 5.80. The van der Waals surface area contributed by atoms with Crippen molar-refractivity contribution in [2.24, 2.45) is 5.73 Å². The molecule has 0 aliphatic heterocycles. The molecule has 0 saturated carbocycles. The molecule has 204 valence electrons. The van der Waals surface area contributed by atoms with Crippen LogP contribution in [0.5, 0.6) is 11.5 Å². The Bertz CT molecular complexity index is 1070. The number of methoxy groups -OCH3 is 1. The Morgan fingerprint density at radius 2 is 1.73 bits per heavy atom. The topological polar surface area (TPSA) is 91.1 Å². The number of benzene rings is 2. The van der Waals surface area contributed by atoms with E-state index >= 15 is 4.39 Å². The minimum Gasteiger partial charge on any atom is -0.496 e. The Balaban J connectivity index is 2.60. The first kappa shape index (κ1) is 29.9. The normalized spacial score (nSPS) is 11.2. The fourth-order valence-electron chi connectivity index (χ4n) is 4.02. The van der Waals surface area contributed by atoms with Crippen LogP contribution in [-0.2, 0) is 16.1 Å². The number of rotatable bonds is 14. The van der Waals surface area contributed by atoms with Gasteiger partial charge in [-0.25, -0.2) is 18.4 Å². The highest BCUT2D eigenvalue weighted by Crippen LogP contribution is 2.40. The number of halogens is 2. The summed E-state index contributed by atoms with van der Waals surface area (Å²) in [6, 6.07) is 6.06. The van der Waals surface area contributed by atoms with Crippen molar-refractivity contribution in [1.29, 1.82) is 0 Å². The molecule has 0 saturated heterocycles. The van der Waals surface area contributed by atoms with Crippen LogP contribution in [0.4, 0.5) is 13.6 Å². The molecule has 7 nitrogen and oxygen atoms in total. The van der Waals surface area contributed by atoms with Crippen molar-refractivity contribution in [3.8, 4) is 22.6 Å². The lowest BCUT2D eigenvalue weighted by Gasteiger charge is -2.29. The summed E-state index contributed by atoms with van der Waals surface area (Å²) in [5.74, 6) is -2.00. The van der Waals surface area contributed by atoms with Gasteiger partial charge in [0, 0.05) is 24.2 Å². The number of carbonyl (C=O) groups is 2. The zero-order chi connectivity index (χ0) is 27.6. The van der Waals surface area contributed by atoms with E-state index in [9.17, 15) is 14.0 Å². The Kier molecular flexibility index (Phi) is 11.1. The van der Waals surface area contributed by atoms with Crippen LogP contribution in [-0.4, -0.2) is 42.8 Å². The van der Waals surface area contributed by atoms with E-state index in [0.29, 0.717) is 17.7 Å². The van der Waals surface area contributed by atoms with Crippen molar-refractivity contribution < 1.29 is 32.6 Å². The first-order valence-electron chi connectivity index (χ1n) is 12.6. The van der Waals surface area contributed by atoms with Gasteiger partial charge in [-0.15, -0.1) is 0 Å². The maximum absolute atomic E-state index is 15.1. The number of primary amides is 1. The SMILES string of the molecule is CCCCCCCN(Cc1c(OC(C)(C)C(=O)OCC)cccc1-c1c(F)cc(F)cc1OC)C(N)=O. The molecule has 2 rings (SSSR count). The highest BCUT2D eigenvalue weighted by Gasteiger charge is 2.33. The van der Waals surface area contributed by atoms with Gasteiger partial charge in [-0.2, -0.15) is 0 Å². The van der Waals surface area contributed by atoms with Gasteiger partial charge in [-0.3, -0.25) is 0 Å². The summed E-state index contributed by atoms with van der Waals surface area (Å²) in [5, 5.41) is 0. The summed E-state index contributed by atoms with van der Waals surface area (Å²) < 4.78 is 45.6. The molecule has 37 heavy (non-hydrogen) atoms. The van der Waals surface area contributed by atoms with Gasteiger partial charge in [0.2, 0.25) is 0 Å². The van der Waals surface area contributed by atoms with Crippen LogP contribution in [0, 0.1) is 11.6 Å². The molecular formula is C28H38F2N2O5. The van der Waals surface area contributed by atoms with Crippen LogP contribution in [0.1, 0.15) is 65.4 Å². The van der Waals surface area contributed by atoms with Crippen molar-refractivity contribution in [1.82, 2.24) is 4.90 Å². The molecule has 0 atom stereocenters. The molecule has 0 aliphatic rings. The zero-order valence-corrected chi connectivity index (χ0v) is 22.4. The number of esters is 1. The second-order valence-electron chi connectivity index (χ2n) is 9.25. The number of urea groups is 1. The largest absolute Gasteiger partial charge is 0.496 e. The van der Waals surface area contributed by atoms with Crippen molar-refractivity contribution in [3.05, 3.63) is 47.5 Å². The fourth-order valence-corrected chi connectivity index (χ4v) is 4.02. The quantitative estimate of drug-likeness (QED) is 0.236. The molecule has 0 aromatic heterocycles. The van der Waals surface area contributed by atoms with Gasteiger partial charge in [-0.05, 0) is 38.8 Å². The fraction of sp³-hybridized carbons (Fsp3) is 0.500. The first-order valence-corrected chi connectivity index (χ1v) is 12.6. The summed E-state index contributed by atoms with van der Waals surface area (Å²) in [6.45, 7) is 7.46. The van der Waals surface area contributed by atoms with E-state index in [0.717, 1.165) is 44.2 Å². The van der Waals surface area contributed by atoms with Gasteiger partial charge in [0.25, 0.3) is 0 Å². The molecule has 0 radical (unpaired) electrons. The van der Waals surface area contributed by atoms with Gasteiger partial charge in [-0.1, -0.05) is 44.7 Å². The maximum atomic E-state index is 15.1. The van der Waals surface area contributed by atoms with Gasteiger partial charge >= 0.3 is 12.0 Å². The predicted octanol–water partition coefficient (Wildman–Crippen LogP) is 6.21. The predicted molar refractivity (Wildman–Crippen MR) is 138 cm³/mol. The van der Waals surface area contributed by atoms with E-state index in [4.69, 9.17) is 19.9 Å². The zero-order valence-electron chi connectivity index (χ0n) is 22.4. The average molecular weight is 521 g/mol. The Hall–Kier alpha value is -3.36. The minimum atomic E-state index is -1.38. The smallest absolute Gasteiger partial charge is 0.349 e. The van der Waals surface area contributed by atoms with Crippen LogP contribution < -0.4 is 15.2 Å².